The fourth-order valence-electron chi connectivity index (χ4n) is 1.08. The maximum Gasteiger partial charge on any atom is 0.269 e. The van der Waals surface area contributed by atoms with Crippen molar-refractivity contribution in [2.75, 3.05) is 32.1 Å². The third-order valence-electron chi connectivity index (χ3n) is 1.98. The molecule has 8 nitrogen and oxygen atoms in total. The summed E-state index contributed by atoms with van der Waals surface area (Å²) in [5, 5.41) is 12.7. The number of hydrogen-bond donors (Lipinski definition) is 3. The van der Waals surface area contributed by atoms with Crippen molar-refractivity contribution < 1.29 is 14.3 Å². The summed E-state index contributed by atoms with van der Waals surface area (Å²) < 4.78 is 4.79. The van der Waals surface area contributed by atoms with Gasteiger partial charge in [0.15, 0.2) is 5.69 Å². The van der Waals surface area contributed by atoms with Crippen LogP contribution in [0.1, 0.15) is 10.5 Å². The van der Waals surface area contributed by atoms with E-state index in [4.69, 9.17) is 10.5 Å². The summed E-state index contributed by atoms with van der Waals surface area (Å²) in [7, 11) is 1.56. The number of primary amides is 1. The van der Waals surface area contributed by atoms with Crippen LogP contribution < -0.4 is 16.4 Å². The Labute approximate surface area is 104 Å². The Bertz CT molecular complexity index is 406. The molecule has 0 radical (unpaired) electrons. The van der Waals surface area contributed by atoms with Gasteiger partial charge in [0.25, 0.3) is 5.91 Å². The van der Waals surface area contributed by atoms with Crippen LogP contribution in [0.4, 0.5) is 5.82 Å². The summed E-state index contributed by atoms with van der Waals surface area (Å²) >= 11 is 0. The number of rotatable bonds is 7. The summed E-state index contributed by atoms with van der Waals surface area (Å²) in [6.45, 7) is 0.969. The maximum absolute atomic E-state index is 11.3. The lowest BCUT2D eigenvalue weighted by atomic mass is 10.4. The number of nitrogens with zero attached hydrogens (tertiary/aromatic N) is 2. The summed E-state index contributed by atoms with van der Waals surface area (Å²) in [4.78, 5) is 22.1. The maximum atomic E-state index is 11.3. The van der Waals surface area contributed by atoms with Gasteiger partial charge in [-0.2, -0.15) is 0 Å². The summed E-state index contributed by atoms with van der Waals surface area (Å²) in [6.07, 6.45) is 0. The molecule has 98 valence electrons. The molecule has 0 aliphatic heterocycles. The molecule has 0 aromatic carbocycles. The van der Waals surface area contributed by atoms with Gasteiger partial charge in [-0.3, -0.25) is 9.59 Å². The van der Waals surface area contributed by atoms with Crippen molar-refractivity contribution in [2.24, 2.45) is 5.73 Å². The number of anilines is 1. The summed E-state index contributed by atoms with van der Waals surface area (Å²) in [6, 6.07) is 2.95. The molecular formula is C10H15N5O3. The highest BCUT2D eigenvalue weighted by atomic mass is 16.5. The molecule has 0 saturated carbocycles. The third-order valence-corrected chi connectivity index (χ3v) is 1.98. The van der Waals surface area contributed by atoms with Crippen LogP contribution in [0, 0.1) is 0 Å². The Morgan fingerprint density at radius 1 is 1.39 bits per heavy atom. The number of methoxy groups -OCH3 is 1. The second kappa shape index (κ2) is 7.17. The van der Waals surface area contributed by atoms with Crippen molar-refractivity contribution in [3.8, 4) is 0 Å². The lowest BCUT2D eigenvalue weighted by Gasteiger charge is -2.06. The molecule has 0 aliphatic rings. The average molecular weight is 253 g/mol. The molecule has 1 aromatic rings. The van der Waals surface area contributed by atoms with E-state index >= 15 is 0 Å². The topological polar surface area (TPSA) is 119 Å². The molecule has 0 unspecified atom stereocenters. The number of carbonyl (C=O) groups excluding carboxylic acids is 2. The van der Waals surface area contributed by atoms with Gasteiger partial charge in [0.05, 0.1) is 13.2 Å². The minimum absolute atomic E-state index is 0.0638. The molecule has 0 atom stereocenters. The van der Waals surface area contributed by atoms with Gasteiger partial charge in [0.2, 0.25) is 5.91 Å². The van der Waals surface area contributed by atoms with Crippen molar-refractivity contribution in [1.29, 1.82) is 0 Å². The first-order chi connectivity index (χ1) is 8.63. The first kappa shape index (κ1) is 13.8. The quantitative estimate of drug-likeness (QED) is 0.522. The molecule has 8 heteroatoms. The van der Waals surface area contributed by atoms with Gasteiger partial charge in [-0.05, 0) is 12.1 Å². The molecule has 4 N–H and O–H groups in total. The Balaban J connectivity index is 2.34. The highest BCUT2D eigenvalue weighted by molar-refractivity contribution is 5.90. The van der Waals surface area contributed by atoms with E-state index in [2.05, 4.69) is 20.8 Å². The molecule has 18 heavy (non-hydrogen) atoms. The number of amides is 2. The van der Waals surface area contributed by atoms with Crippen LogP contribution in [0.2, 0.25) is 0 Å². The van der Waals surface area contributed by atoms with Crippen LogP contribution >= 0.6 is 0 Å². The molecule has 0 saturated heterocycles. The highest BCUT2D eigenvalue weighted by Crippen LogP contribution is 2.00. The smallest absolute Gasteiger partial charge is 0.269 e. The van der Waals surface area contributed by atoms with E-state index in [1.165, 1.54) is 12.1 Å². The number of carbonyl (C=O) groups is 2. The first-order valence-corrected chi connectivity index (χ1v) is 5.26. The SMILES string of the molecule is COCCNC(=O)CNc1ccc(C(N)=O)nn1. The van der Waals surface area contributed by atoms with Crippen molar-refractivity contribution in [2.45, 2.75) is 0 Å². The number of ether oxygens (including phenoxy) is 1. The van der Waals surface area contributed by atoms with Gasteiger partial charge in [-0.15, -0.1) is 10.2 Å². The fourth-order valence-corrected chi connectivity index (χ4v) is 1.08. The lowest BCUT2D eigenvalue weighted by Crippen LogP contribution is -2.32. The normalized spacial score (nSPS) is 9.83. The Hall–Kier alpha value is -2.22. The molecule has 0 aliphatic carbocycles. The zero-order chi connectivity index (χ0) is 13.4. The molecular weight excluding hydrogens is 238 g/mol. The lowest BCUT2D eigenvalue weighted by molar-refractivity contribution is -0.119. The number of nitrogens with two attached hydrogens (primary N) is 1. The van der Waals surface area contributed by atoms with Gasteiger partial charge in [-0.25, -0.2) is 0 Å². The van der Waals surface area contributed by atoms with E-state index in [1.807, 2.05) is 0 Å². The monoisotopic (exact) mass is 253 g/mol. The van der Waals surface area contributed by atoms with Crippen LogP contribution in [-0.4, -0.2) is 48.8 Å². The minimum atomic E-state index is -0.647. The van der Waals surface area contributed by atoms with E-state index in [1.54, 1.807) is 7.11 Å². The molecule has 0 fully saturated rings. The van der Waals surface area contributed by atoms with E-state index in [0.717, 1.165) is 0 Å². The average Bonchev–Trinajstić information content (AvgIpc) is 2.37. The molecule has 2 amide bonds. The predicted octanol–water partition coefficient (Wildman–Crippen LogP) is -1.25. The van der Waals surface area contributed by atoms with E-state index in [0.29, 0.717) is 19.0 Å². The Morgan fingerprint density at radius 3 is 2.72 bits per heavy atom. The van der Waals surface area contributed by atoms with Gasteiger partial charge in [-0.1, -0.05) is 0 Å². The highest BCUT2D eigenvalue weighted by Gasteiger charge is 2.04. The van der Waals surface area contributed by atoms with Crippen LogP contribution in [0.15, 0.2) is 12.1 Å². The molecule has 1 aromatic heterocycles. The minimum Gasteiger partial charge on any atom is -0.383 e. The Morgan fingerprint density at radius 2 is 2.17 bits per heavy atom. The second-order valence-corrected chi connectivity index (χ2v) is 3.36. The van der Waals surface area contributed by atoms with Gasteiger partial charge < -0.3 is 21.1 Å². The van der Waals surface area contributed by atoms with E-state index in [9.17, 15) is 9.59 Å². The van der Waals surface area contributed by atoms with Gasteiger partial charge in [0, 0.05) is 13.7 Å². The zero-order valence-electron chi connectivity index (χ0n) is 9.97. The van der Waals surface area contributed by atoms with Crippen LogP contribution in [0.5, 0.6) is 0 Å². The number of hydrogen-bond acceptors (Lipinski definition) is 6. The number of aromatic nitrogens is 2. The standard InChI is InChI=1S/C10H15N5O3/c1-18-5-4-12-9(16)6-13-8-3-2-7(10(11)17)14-15-8/h2-3H,4-6H2,1H3,(H2,11,17)(H,12,16)(H,13,15). The van der Waals surface area contributed by atoms with Crippen LogP contribution in [-0.2, 0) is 9.53 Å². The van der Waals surface area contributed by atoms with E-state index in [-0.39, 0.29) is 18.1 Å². The van der Waals surface area contributed by atoms with Crippen molar-refractivity contribution in [1.82, 2.24) is 15.5 Å². The predicted molar refractivity (Wildman–Crippen MR) is 63.9 cm³/mol. The summed E-state index contributed by atoms with van der Waals surface area (Å²) in [5.41, 5.74) is 5.09. The molecule has 1 heterocycles. The number of nitrogens with one attached hydrogen (secondary N) is 2. The largest absolute Gasteiger partial charge is 0.383 e. The van der Waals surface area contributed by atoms with Gasteiger partial charge in [0.1, 0.15) is 5.82 Å². The molecule has 0 bridgehead atoms. The van der Waals surface area contributed by atoms with Crippen molar-refractivity contribution in [3.63, 3.8) is 0 Å². The fraction of sp³-hybridized carbons (Fsp3) is 0.400. The Kier molecular flexibility index (Phi) is 5.52. The first-order valence-electron chi connectivity index (χ1n) is 5.26. The van der Waals surface area contributed by atoms with Crippen molar-refractivity contribution >= 4 is 17.6 Å². The van der Waals surface area contributed by atoms with Gasteiger partial charge >= 0.3 is 0 Å². The van der Waals surface area contributed by atoms with Crippen LogP contribution in [0.3, 0.4) is 0 Å². The third kappa shape index (κ3) is 4.74. The zero-order valence-corrected chi connectivity index (χ0v) is 9.97. The van der Waals surface area contributed by atoms with Crippen LogP contribution in [0.25, 0.3) is 0 Å². The summed E-state index contributed by atoms with van der Waals surface area (Å²) in [5.74, 6) is -0.443. The molecule has 1 rings (SSSR count). The second-order valence-electron chi connectivity index (χ2n) is 3.36. The molecule has 0 spiro atoms. The van der Waals surface area contributed by atoms with Crippen molar-refractivity contribution in [3.05, 3.63) is 17.8 Å². The van der Waals surface area contributed by atoms with E-state index < -0.39 is 5.91 Å².